The van der Waals surface area contributed by atoms with Gasteiger partial charge in [-0.1, -0.05) is 12.1 Å². The Bertz CT molecular complexity index is 559. The van der Waals surface area contributed by atoms with Crippen molar-refractivity contribution in [3.05, 3.63) is 35.4 Å². The summed E-state index contributed by atoms with van der Waals surface area (Å²) in [5.74, 6) is -1.27. The molecule has 0 N–H and O–H groups in total. The molecular formula is C13H10F3NO3. The minimum Gasteiger partial charge on any atom is -0.462 e. The summed E-state index contributed by atoms with van der Waals surface area (Å²) in [6, 6.07) is 6.54. The Kier molecular flexibility index (Phi) is 5.15. The molecule has 0 aliphatic carbocycles. The molecule has 0 saturated carbocycles. The van der Waals surface area contributed by atoms with Crippen LogP contribution in [-0.4, -0.2) is 18.9 Å². The van der Waals surface area contributed by atoms with Crippen LogP contribution in [0.5, 0.6) is 5.75 Å². The van der Waals surface area contributed by atoms with E-state index in [0.717, 1.165) is 18.2 Å². The predicted molar refractivity (Wildman–Crippen MR) is 63.3 cm³/mol. The first kappa shape index (κ1) is 15.6. The van der Waals surface area contributed by atoms with Crippen molar-refractivity contribution in [2.75, 3.05) is 6.61 Å². The number of alkyl halides is 3. The normalized spacial score (nSPS) is 11.7. The summed E-state index contributed by atoms with van der Waals surface area (Å²) in [4.78, 5) is 11.4. The second-order valence-electron chi connectivity index (χ2n) is 3.51. The molecular weight excluding hydrogens is 275 g/mol. The van der Waals surface area contributed by atoms with Gasteiger partial charge in [-0.05, 0) is 30.7 Å². The molecule has 0 spiro atoms. The van der Waals surface area contributed by atoms with E-state index < -0.39 is 18.1 Å². The summed E-state index contributed by atoms with van der Waals surface area (Å²) < 4.78 is 44.6. The van der Waals surface area contributed by atoms with Crippen LogP contribution in [-0.2, 0) is 9.53 Å². The molecule has 20 heavy (non-hydrogen) atoms. The highest BCUT2D eigenvalue weighted by atomic mass is 19.4. The lowest BCUT2D eigenvalue weighted by atomic mass is 10.1. The molecule has 0 bridgehead atoms. The second kappa shape index (κ2) is 6.61. The minimum absolute atomic E-state index is 0.0923. The lowest BCUT2D eigenvalue weighted by Gasteiger charge is -2.09. The Hall–Kier alpha value is -2.49. The smallest absolute Gasteiger partial charge is 0.462 e. The van der Waals surface area contributed by atoms with Gasteiger partial charge in [0.2, 0.25) is 0 Å². The number of nitrogens with zero attached hydrogens (tertiary/aromatic N) is 1. The van der Waals surface area contributed by atoms with Crippen molar-refractivity contribution in [1.29, 1.82) is 5.26 Å². The summed E-state index contributed by atoms with van der Waals surface area (Å²) in [5.41, 5.74) is -0.0904. The summed E-state index contributed by atoms with van der Waals surface area (Å²) >= 11 is 0. The highest BCUT2D eigenvalue weighted by Gasteiger charge is 2.31. The van der Waals surface area contributed by atoms with E-state index in [1.165, 1.54) is 12.1 Å². The van der Waals surface area contributed by atoms with E-state index in [0.29, 0.717) is 0 Å². The third-order valence-corrected chi connectivity index (χ3v) is 2.02. The number of ether oxygens (including phenoxy) is 2. The van der Waals surface area contributed by atoms with Crippen molar-refractivity contribution in [2.45, 2.75) is 13.3 Å². The predicted octanol–water partition coefficient (Wildman–Crippen LogP) is 3.06. The van der Waals surface area contributed by atoms with Gasteiger partial charge < -0.3 is 9.47 Å². The third kappa shape index (κ3) is 5.02. The molecule has 106 valence electrons. The lowest BCUT2D eigenvalue weighted by molar-refractivity contribution is -0.274. The van der Waals surface area contributed by atoms with Crippen LogP contribution in [0.15, 0.2) is 29.8 Å². The van der Waals surface area contributed by atoms with Gasteiger partial charge in [0, 0.05) is 0 Å². The number of benzene rings is 1. The zero-order valence-corrected chi connectivity index (χ0v) is 10.4. The van der Waals surface area contributed by atoms with Crippen LogP contribution in [0.4, 0.5) is 13.2 Å². The molecule has 0 aliphatic heterocycles. The fourth-order valence-electron chi connectivity index (χ4n) is 1.31. The molecule has 0 fully saturated rings. The average molecular weight is 285 g/mol. The van der Waals surface area contributed by atoms with Crippen molar-refractivity contribution in [3.8, 4) is 11.8 Å². The summed E-state index contributed by atoms with van der Waals surface area (Å²) in [7, 11) is 0. The van der Waals surface area contributed by atoms with Gasteiger partial charge in [0.05, 0.1) is 6.61 Å². The van der Waals surface area contributed by atoms with E-state index in [4.69, 9.17) is 5.26 Å². The van der Waals surface area contributed by atoms with Crippen molar-refractivity contribution in [3.63, 3.8) is 0 Å². The molecule has 0 aromatic heterocycles. The van der Waals surface area contributed by atoms with Crippen LogP contribution in [0, 0.1) is 11.3 Å². The molecule has 0 amide bonds. The lowest BCUT2D eigenvalue weighted by Crippen LogP contribution is -2.17. The highest BCUT2D eigenvalue weighted by molar-refractivity contribution is 5.97. The number of halogens is 3. The van der Waals surface area contributed by atoms with Gasteiger partial charge in [-0.25, -0.2) is 4.79 Å². The van der Waals surface area contributed by atoms with E-state index in [1.807, 2.05) is 0 Å². The standard InChI is InChI=1S/C13H10F3NO3/c1-2-19-12(18)10(8-17)6-9-4-3-5-11(7-9)20-13(14,15)16/h3-7H,2H2,1H3/b10-6+. The average Bonchev–Trinajstić information content (AvgIpc) is 2.34. The zero-order valence-electron chi connectivity index (χ0n) is 10.4. The van der Waals surface area contributed by atoms with Crippen LogP contribution in [0.2, 0.25) is 0 Å². The number of carbonyl (C=O) groups excluding carboxylic acids is 1. The number of hydrogen-bond acceptors (Lipinski definition) is 4. The van der Waals surface area contributed by atoms with E-state index in [9.17, 15) is 18.0 Å². The molecule has 0 unspecified atom stereocenters. The Labute approximate surface area is 113 Å². The Morgan fingerprint density at radius 2 is 2.15 bits per heavy atom. The molecule has 0 radical (unpaired) electrons. The van der Waals surface area contributed by atoms with Gasteiger partial charge in [-0.15, -0.1) is 13.2 Å². The third-order valence-electron chi connectivity index (χ3n) is 2.02. The number of rotatable bonds is 4. The Morgan fingerprint density at radius 1 is 1.45 bits per heavy atom. The first-order valence-electron chi connectivity index (χ1n) is 5.50. The number of esters is 1. The first-order chi connectivity index (χ1) is 9.35. The van der Waals surface area contributed by atoms with Gasteiger partial charge >= 0.3 is 12.3 Å². The van der Waals surface area contributed by atoms with Crippen LogP contribution >= 0.6 is 0 Å². The minimum atomic E-state index is -4.80. The number of hydrogen-bond donors (Lipinski definition) is 0. The van der Waals surface area contributed by atoms with Crippen LogP contribution in [0.3, 0.4) is 0 Å². The maximum Gasteiger partial charge on any atom is 0.573 e. The maximum atomic E-state index is 12.1. The van der Waals surface area contributed by atoms with Gasteiger partial charge in [0.1, 0.15) is 17.4 Å². The van der Waals surface area contributed by atoms with Gasteiger partial charge in [-0.3, -0.25) is 0 Å². The quantitative estimate of drug-likeness (QED) is 0.484. The van der Waals surface area contributed by atoms with Gasteiger partial charge in [0.25, 0.3) is 0 Å². The van der Waals surface area contributed by atoms with Crippen molar-refractivity contribution in [1.82, 2.24) is 0 Å². The maximum absolute atomic E-state index is 12.1. The van der Waals surface area contributed by atoms with Crippen LogP contribution in [0.25, 0.3) is 6.08 Å². The summed E-state index contributed by atoms with van der Waals surface area (Å²) in [6.07, 6.45) is -3.68. The van der Waals surface area contributed by atoms with E-state index in [-0.39, 0.29) is 17.7 Å². The number of nitriles is 1. The number of carbonyl (C=O) groups is 1. The fraction of sp³-hybridized carbons (Fsp3) is 0.231. The summed E-state index contributed by atoms with van der Waals surface area (Å²) in [5, 5.41) is 8.81. The molecule has 0 saturated heterocycles. The first-order valence-corrected chi connectivity index (χ1v) is 5.50. The molecule has 7 heteroatoms. The molecule has 0 atom stereocenters. The topological polar surface area (TPSA) is 59.3 Å². The van der Waals surface area contributed by atoms with Crippen molar-refractivity contribution >= 4 is 12.0 Å². The molecule has 0 aliphatic rings. The molecule has 0 heterocycles. The zero-order chi connectivity index (χ0) is 15.2. The fourth-order valence-corrected chi connectivity index (χ4v) is 1.31. The highest BCUT2D eigenvalue weighted by Crippen LogP contribution is 2.24. The van der Waals surface area contributed by atoms with E-state index in [1.54, 1.807) is 13.0 Å². The van der Waals surface area contributed by atoms with E-state index in [2.05, 4.69) is 9.47 Å². The van der Waals surface area contributed by atoms with Crippen LogP contribution in [0.1, 0.15) is 12.5 Å². The molecule has 1 aromatic rings. The van der Waals surface area contributed by atoms with Gasteiger partial charge in [-0.2, -0.15) is 5.26 Å². The van der Waals surface area contributed by atoms with E-state index >= 15 is 0 Å². The Balaban J connectivity index is 3.00. The monoisotopic (exact) mass is 285 g/mol. The van der Waals surface area contributed by atoms with Crippen LogP contribution < -0.4 is 4.74 Å². The second-order valence-corrected chi connectivity index (χ2v) is 3.51. The van der Waals surface area contributed by atoms with Crippen molar-refractivity contribution in [2.24, 2.45) is 0 Å². The SMILES string of the molecule is CCOC(=O)/C(C#N)=C/c1cccc(OC(F)(F)F)c1. The molecule has 1 aromatic carbocycles. The van der Waals surface area contributed by atoms with Gasteiger partial charge in [0.15, 0.2) is 0 Å². The molecule has 4 nitrogen and oxygen atoms in total. The van der Waals surface area contributed by atoms with Crippen molar-refractivity contribution < 1.29 is 27.4 Å². The molecule has 1 rings (SSSR count). The largest absolute Gasteiger partial charge is 0.573 e. The summed E-state index contributed by atoms with van der Waals surface area (Å²) in [6.45, 7) is 1.67. The Morgan fingerprint density at radius 3 is 2.70 bits per heavy atom.